The standard InChI is InChI=1S/C22H21N5O2/c28-21(14-7-10-18-19(11-14)24-12-23-18)25-15-8-5-13(6-9-15)20-16-3-1-2-4-17(16)22(29)27-26-20/h1-4,7,10-13,15H,5-6,8-9H2,(H,23,24)(H,25,28)(H,27,29). The lowest BCUT2D eigenvalue weighted by Crippen LogP contribution is -2.37. The summed E-state index contributed by atoms with van der Waals surface area (Å²) in [5.41, 5.74) is 3.14. The zero-order chi connectivity index (χ0) is 19.8. The van der Waals surface area contributed by atoms with Crippen molar-refractivity contribution in [2.24, 2.45) is 0 Å². The number of rotatable bonds is 3. The second-order valence-corrected chi connectivity index (χ2v) is 7.64. The van der Waals surface area contributed by atoms with Crippen molar-refractivity contribution in [1.82, 2.24) is 25.5 Å². The smallest absolute Gasteiger partial charge is 0.272 e. The Hall–Kier alpha value is -3.48. The zero-order valence-corrected chi connectivity index (χ0v) is 15.8. The summed E-state index contributed by atoms with van der Waals surface area (Å²) in [6.07, 6.45) is 5.25. The number of benzene rings is 2. The van der Waals surface area contributed by atoms with Crippen LogP contribution < -0.4 is 10.9 Å². The van der Waals surface area contributed by atoms with Gasteiger partial charge in [0.2, 0.25) is 0 Å². The molecule has 2 heterocycles. The summed E-state index contributed by atoms with van der Waals surface area (Å²) >= 11 is 0. The summed E-state index contributed by atoms with van der Waals surface area (Å²) in [4.78, 5) is 31.9. The number of imidazole rings is 1. The highest BCUT2D eigenvalue weighted by molar-refractivity contribution is 5.97. The lowest BCUT2D eigenvalue weighted by molar-refractivity contribution is 0.0926. The molecule has 0 spiro atoms. The molecule has 1 aliphatic rings. The molecule has 1 amide bonds. The van der Waals surface area contributed by atoms with E-state index in [2.05, 4.69) is 25.5 Å². The number of fused-ring (bicyclic) bond motifs is 2. The summed E-state index contributed by atoms with van der Waals surface area (Å²) in [5.74, 6) is 0.226. The molecule has 0 aliphatic heterocycles. The molecule has 0 radical (unpaired) electrons. The number of aromatic amines is 2. The summed E-state index contributed by atoms with van der Waals surface area (Å²) in [7, 11) is 0. The lowest BCUT2D eigenvalue weighted by Gasteiger charge is -2.29. The van der Waals surface area contributed by atoms with E-state index in [-0.39, 0.29) is 23.4 Å². The van der Waals surface area contributed by atoms with E-state index in [1.54, 1.807) is 12.4 Å². The molecule has 29 heavy (non-hydrogen) atoms. The number of carbonyl (C=O) groups is 1. The average molecular weight is 387 g/mol. The van der Waals surface area contributed by atoms with Gasteiger partial charge in [0.15, 0.2) is 0 Å². The Bertz CT molecular complexity index is 1250. The van der Waals surface area contributed by atoms with Crippen molar-refractivity contribution < 1.29 is 4.79 Å². The molecule has 1 fully saturated rings. The van der Waals surface area contributed by atoms with Crippen LogP contribution in [-0.2, 0) is 0 Å². The van der Waals surface area contributed by atoms with Crippen LogP contribution in [-0.4, -0.2) is 32.1 Å². The molecule has 5 rings (SSSR count). The molecule has 2 aromatic carbocycles. The van der Waals surface area contributed by atoms with Crippen molar-refractivity contribution >= 4 is 27.7 Å². The molecule has 1 saturated carbocycles. The molecule has 7 nitrogen and oxygen atoms in total. The molecular formula is C22H21N5O2. The van der Waals surface area contributed by atoms with Crippen LogP contribution in [0.5, 0.6) is 0 Å². The van der Waals surface area contributed by atoms with E-state index >= 15 is 0 Å². The minimum Gasteiger partial charge on any atom is -0.349 e. The van der Waals surface area contributed by atoms with E-state index in [1.807, 2.05) is 36.4 Å². The third kappa shape index (κ3) is 3.29. The minimum atomic E-state index is -0.153. The third-order valence-electron chi connectivity index (χ3n) is 5.86. The van der Waals surface area contributed by atoms with Crippen molar-refractivity contribution in [3.8, 4) is 0 Å². The fourth-order valence-corrected chi connectivity index (χ4v) is 4.30. The van der Waals surface area contributed by atoms with E-state index in [4.69, 9.17) is 0 Å². The fourth-order valence-electron chi connectivity index (χ4n) is 4.30. The van der Waals surface area contributed by atoms with Crippen LogP contribution >= 0.6 is 0 Å². The fraction of sp³-hybridized carbons (Fsp3) is 0.273. The molecule has 146 valence electrons. The average Bonchev–Trinajstić information content (AvgIpc) is 3.23. The van der Waals surface area contributed by atoms with E-state index < -0.39 is 0 Å². The van der Waals surface area contributed by atoms with Gasteiger partial charge in [-0.05, 0) is 49.9 Å². The molecule has 0 atom stereocenters. The number of hydrogen-bond donors (Lipinski definition) is 3. The van der Waals surface area contributed by atoms with Gasteiger partial charge in [-0.25, -0.2) is 10.1 Å². The number of H-pyrrole nitrogens is 2. The van der Waals surface area contributed by atoms with Crippen molar-refractivity contribution in [1.29, 1.82) is 0 Å². The van der Waals surface area contributed by atoms with E-state index in [9.17, 15) is 9.59 Å². The Morgan fingerprint density at radius 2 is 1.83 bits per heavy atom. The molecular weight excluding hydrogens is 366 g/mol. The van der Waals surface area contributed by atoms with Gasteiger partial charge in [-0.1, -0.05) is 18.2 Å². The predicted octanol–water partition coefficient (Wildman–Crippen LogP) is 3.26. The van der Waals surface area contributed by atoms with Crippen molar-refractivity contribution in [3.05, 3.63) is 70.4 Å². The molecule has 0 bridgehead atoms. The van der Waals surface area contributed by atoms with Crippen LogP contribution in [0, 0.1) is 0 Å². The molecule has 3 N–H and O–H groups in total. The van der Waals surface area contributed by atoms with Crippen LogP contribution in [0.2, 0.25) is 0 Å². The predicted molar refractivity (Wildman–Crippen MR) is 111 cm³/mol. The Balaban J connectivity index is 1.28. The maximum absolute atomic E-state index is 12.6. The van der Waals surface area contributed by atoms with Gasteiger partial charge in [-0.3, -0.25) is 9.59 Å². The maximum atomic E-state index is 12.6. The largest absolute Gasteiger partial charge is 0.349 e. The number of aromatic nitrogens is 4. The van der Waals surface area contributed by atoms with Crippen molar-refractivity contribution in [2.45, 2.75) is 37.6 Å². The van der Waals surface area contributed by atoms with Gasteiger partial charge >= 0.3 is 0 Å². The second kappa shape index (κ2) is 7.16. The Morgan fingerprint density at radius 1 is 1.03 bits per heavy atom. The monoisotopic (exact) mass is 387 g/mol. The van der Waals surface area contributed by atoms with E-state index in [0.29, 0.717) is 10.9 Å². The number of nitrogens with zero attached hydrogens (tertiary/aromatic N) is 2. The van der Waals surface area contributed by atoms with Crippen molar-refractivity contribution in [2.75, 3.05) is 0 Å². The first kappa shape index (κ1) is 17.6. The van der Waals surface area contributed by atoms with Gasteiger partial charge < -0.3 is 10.3 Å². The number of hydrogen-bond acceptors (Lipinski definition) is 4. The lowest BCUT2D eigenvalue weighted by atomic mass is 9.82. The highest BCUT2D eigenvalue weighted by Gasteiger charge is 2.26. The van der Waals surface area contributed by atoms with Gasteiger partial charge in [-0.2, -0.15) is 5.10 Å². The van der Waals surface area contributed by atoms with Gasteiger partial charge in [-0.15, -0.1) is 0 Å². The first-order chi connectivity index (χ1) is 14.2. The summed E-state index contributed by atoms with van der Waals surface area (Å²) in [5, 5.41) is 11.8. The van der Waals surface area contributed by atoms with Crippen LogP contribution in [0.4, 0.5) is 0 Å². The Labute approximate surface area is 166 Å². The summed E-state index contributed by atoms with van der Waals surface area (Å²) in [6, 6.07) is 13.2. The molecule has 2 aromatic heterocycles. The molecule has 0 saturated heterocycles. The Morgan fingerprint density at radius 3 is 2.66 bits per heavy atom. The van der Waals surface area contributed by atoms with Gasteiger partial charge in [0.1, 0.15) is 0 Å². The molecule has 0 unspecified atom stereocenters. The van der Waals surface area contributed by atoms with E-state index in [1.165, 1.54) is 0 Å². The number of nitrogens with one attached hydrogen (secondary N) is 3. The van der Waals surface area contributed by atoms with Gasteiger partial charge in [0.25, 0.3) is 11.5 Å². The SMILES string of the molecule is O=C(NC1CCC(c2n[nH]c(=O)c3ccccc23)CC1)c1ccc2nc[nH]c2c1. The number of carbonyl (C=O) groups excluding carboxylic acids is 1. The van der Waals surface area contributed by atoms with Crippen LogP contribution in [0.15, 0.2) is 53.6 Å². The Kier molecular flexibility index (Phi) is 4.35. The number of amides is 1. The summed E-state index contributed by atoms with van der Waals surface area (Å²) in [6.45, 7) is 0. The summed E-state index contributed by atoms with van der Waals surface area (Å²) < 4.78 is 0. The van der Waals surface area contributed by atoms with E-state index in [0.717, 1.165) is 47.8 Å². The quantitative estimate of drug-likeness (QED) is 0.502. The van der Waals surface area contributed by atoms with Crippen LogP contribution in [0.25, 0.3) is 21.8 Å². The van der Waals surface area contributed by atoms with Gasteiger partial charge in [0.05, 0.1) is 28.4 Å². The van der Waals surface area contributed by atoms with Gasteiger partial charge in [0, 0.05) is 22.9 Å². The topological polar surface area (TPSA) is 104 Å². The highest BCUT2D eigenvalue weighted by atomic mass is 16.1. The first-order valence-corrected chi connectivity index (χ1v) is 9.90. The first-order valence-electron chi connectivity index (χ1n) is 9.90. The molecule has 7 heteroatoms. The minimum absolute atomic E-state index is 0.0578. The zero-order valence-electron chi connectivity index (χ0n) is 15.8. The second-order valence-electron chi connectivity index (χ2n) is 7.64. The molecule has 4 aromatic rings. The van der Waals surface area contributed by atoms with Crippen LogP contribution in [0.1, 0.15) is 47.7 Å². The molecule has 1 aliphatic carbocycles. The van der Waals surface area contributed by atoms with Crippen molar-refractivity contribution in [3.63, 3.8) is 0 Å². The normalized spacial score (nSPS) is 19.4. The third-order valence-corrected chi connectivity index (χ3v) is 5.86. The maximum Gasteiger partial charge on any atom is 0.272 e. The van der Waals surface area contributed by atoms with Crippen LogP contribution in [0.3, 0.4) is 0 Å². The highest BCUT2D eigenvalue weighted by Crippen LogP contribution is 2.34.